The van der Waals surface area contributed by atoms with Gasteiger partial charge in [0.15, 0.2) is 0 Å². The first kappa shape index (κ1) is 17.9. The van der Waals surface area contributed by atoms with Crippen molar-refractivity contribution in [3.63, 3.8) is 0 Å². The number of carbonyl (C=O) groups is 1. The van der Waals surface area contributed by atoms with Crippen molar-refractivity contribution in [2.45, 2.75) is 63.5 Å². The number of aliphatic hydroxyl groups excluding tert-OH is 1. The number of amides is 1. The van der Waals surface area contributed by atoms with Crippen LogP contribution in [0.3, 0.4) is 0 Å². The molecule has 1 aliphatic heterocycles. The number of nitrogens with one attached hydrogen (secondary N) is 2. The number of hydrogen-bond acceptors (Lipinski definition) is 6. The Morgan fingerprint density at radius 1 is 1.24 bits per heavy atom. The van der Waals surface area contributed by atoms with Gasteiger partial charge in [-0.1, -0.05) is 19.3 Å². The first-order valence-electron chi connectivity index (χ1n) is 9.50. The maximum Gasteiger partial charge on any atom is 0.224 e. The fourth-order valence-corrected chi connectivity index (χ4v) is 3.61. The van der Waals surface area contributed by atoms with Gasteiger partial charge in [-0.25, -0.2) is 4.98 Å². The van der Waals surface area contributed by atoms with E-state index in [0.717, 1.165) is 38.0 Å². The molecule has 1 atom stereocenters. The average Bonchev–Trinajstić information content (AvgIpc) is 2.63. The Morgan fingerprint density at radius 2 is 2.08 bits per heavy atom. The maximum absolute atomic E-state index is 12.0. The lowest BCUT2D eigenvalue weighted by molar-refractivity contribution is -0.121. The molecule has 1 amide bonds. The summed E-state index contributed by atoms with van der Waals surface area (Å²) in [6.07, 6.45) is 9.60. The summed E-state index contributed by atoms with van der Waals surface area (Å²) >= 11 is 0. The molecule has 3 N–H and O–H groups in total. The van der Waals surface area contributed by atoms with Crippen LogP contribution in [0, 0.1) is 0 Å². The maximum atomic E-state index is 12.0. The van der Waals surface area contributed by atoms with E-state index in [1.165, 1.54) is 19.3 Å². The Bertz CT molecular complexity index is 562. The number of nitrogens with zero attached hydrogens (tertiary/aromatic N) is 3. The zero-order chi connectivity index (χ0) is 17.5. The monoisotopic (exact) mass is 347 g/mol. The molecule has 7 nitrogen and oxygen atoms in total. The van der Waals surface area contributed by atoms with Crippen molar-refractivity contribution >= 4 is 17.7 Å². The second-order valence-corrected chi connectivity index (χ2v) is 7.06. The van der Waals surface area contributed by atoms with E-state index >= 15 is 0 Å². The van der Waals surface area contributed by atoms with Gasteiger partial charge in [0.25, 0.3) is 0 Å². The molecule has 3 rings (SSSR count). The van der Waals surface area contributed by atoms with Gasteiger partial charge in [-0.15, -0.1) is 0 Å². The molecule has 1 aliphatic carbocycles. The fraction of sp³-hybridized carbons (Fsp3) is 0.722. The van der Waals surface area contributed by atoms with Crippen molar-refractivity contribution in [3.8, 4) is 0 Å². The molecule has 2 fully saturated rings. The predicted molar refractivity (Wildman–Crippen MR) is 97.6 cm³/mol. The Morgan fingerprint density at radius 3 is 2.88 bits per heavy atom. The molecule has 0 aromatic carbocycles. The van der Waals surface area contributed by atoms with E-state index in [9.17, 15) is 9.90 Å². The van der Waals surface area contributed by atoms with E-state index < -0.39 is 0 Å². The molecular weight excluding hydrogens is 318 g/mol. The highest BCUT2D eigenvalue weighted by Gasteiger charge is 2.19. The van der Waals surface area contributed by atoms with Crippen LogP contribution in [0.15, 0.2) is 12.3 Å². The van der Waals surface area contributed by atoms with Gasteiger partial charge in [-0.2, -0.15) is 4.98 Å². The number of hydrogen-bond donors (Lipinski definition) is 3. The quantitative estimate of drug-likeness (QED) is 0.725. The van der Waals surface area contributed by atoms with Crippen LogP contribution in [-0.2, 0) is 4.79 Å². The molecule has 1 aromatic rings. The van der Waals surface area contributed by atoms with E-state index in [1.807, 2.05) is 6.07 Å². The van der Waals surface area contributed by atoms with Crippen LogP contribution in [0.1, 0.15) is 51.4 Å². The Hall–Kier alpha value is -1.89. The Balaban J connectivity index is 1.43. The van der Waals surface area contributed by atoms with E-state index in [2.05, 4.69) is 25.5 Å². The fourth-order valence-electron chi connectivity index (χ4n) is 3.61. The zero-order valence-electron chi connectivity index (χ0n) is 14.8. The van der Waals surface area contributed by atoms with Gasteiger partial charge < -0.3 is 20.6 Å². The van der Waals surface area contributed by atoms with Gasteiger partial charge in [-0.05, 0) is 31.7 Å². The molecule has 0 radical (unpaired) electrons. The lowest BCUT2D eigenvalue weighted by Gasteiger charge is -2.31. The topological polar surface area (TPSA) is 90.4 Å². The second-order valence-electron chi connectivity index (χ2n) is 7.06. The van der Waals surface area contributed by atoms with Gasteiger partial charge in [0.2, 0.25) is 11.9 Å². The largest absolute Gasteiger partial charge is 0.391 e. The highest BCUT2D eigenvalue weighted by atomic mass is 16.3. The van der Waals surface area contributed by atoms with Gasteiger partial charge >= 0.3 is 0 Å². The molecule has 0 unspecified atom stereocenters. The molecule has 1 aromatic heterocycles. The third kappa shape index (κ3) is 5.56. The zero-order valence-corrected chi connectivity index (χ0v) is 14.8. The molecule has 1 saturated carbocycles. The molecular formula is C18H29N5O2. The molecule has 1 saturated heterocycles. The van der Waals surface area contributed by atoms with Crippen molar-refractivity contribution in [2.24, 2.45) is 0 Å². The summed E-state index contributed by atoms with van der Waals surface area (Å²) in [5, 5.41) is 16.1. The van der Waals surface area contributed by atoms with Gasteiger partial charge in [0, 0.05) is 38.3 Å². The molecule has 138 valence electrons. The highest BCUT2D eigenvalue weighted by Crippen LogP contribution is 2.19. The van der Waals surface area contributed by atoms with E-state index in [1.54, 1.807) is 6.20 Å². The lowest BCUT2D eigenvalue weighted by Crippen LogP contribution is -2.38. The molecule has 0 bridgehead atoms. The first-order chi connectivity index (χ1) is 12.2. The van der Waals surface area contributed by atoms with Crippen molar-refractivity contribution in [3.05, 3.63) is 12.3 Å². The minimum atomic E-state index is -0.288. The Labute approximate surface area is 149 Å². The Kier molecular flexibility index (Phi) is 6.44. The van der Waals surface area contributed by atoms with Crippen molar-refractivity contribution in [2.75, 3.05) is 29.9 Å². The average molecular weight is 347 g/mol. The van der Waals surface area contributed by atoms with Crippen LogP contribution in [0.25, 0.3) is 0 Å². The van der Waals surface area contributed by atoms with E-state index in [0.29, 0.717) is 31.5 Å². The third-order valence-electron chi connectivity index (χ3n) is 4.97. The van der Waals surface area contributed by atoms with Gasteiger partial charge in [0.1, 0.15) is 5.82 Å². The predicted octanol–water partition coefficient (Wildman–Crippen LogP) is 1.69. The summed E-state index contributed by atoms with van der Waals surface area (Å²) in [5.74, 6) is 1.45. The smallest absolute Gasteiger partial charge is 0.224 e. The summed E-state index contributed by atoms with van der Waals surface area (Å²) in [6.45, 7) is 2.03. The van der Waals surface area contributed by atoms with Crippen LogP contribution in [-0.4, -0.2) is 52.8 Å². The summed E-state index contributed by atoms with van der Waals surface area (Å²) in [6, 6.07) is 2.21. The van der Waals surface area contributed by atoms with Crippen molar-refractivity contribution in [1.29, 1.82) is 0 Å². The number of β-amino-alcohol motifs (C(OH)–C–C–N with tert-alkyl or cyclic N) is 1. The molecule has 0 spiro atoms. The number of anilines is 2. The number of aliphatic hydroxyl groups is 1. The van der Waals surface area contributed by atoms with Crippen LogP contribution in [0.2, 0.25) is 0 Å². The highest BCUT2D eigenvalue weighted by molar-refractivity contribution is 5.76. The normalized spacial score (nSPS) is 21.8. The molecule has 25 heavy (non-hydrogen) atoms. The summed E-state index contributed by atoms with van der Waals surface area (Å²) < 4.78 is 0. The van der Waals surface area contributed by atoms with Gasteiger partial charge in [-0.3, -0.25) is 4.79 Å². The van der Waals surface area contributed by atoms with Crippen LogP contribution in [0.4, 0.5) is 11.8 Å². The minimum absolute atomic E-state index is 0.0923. The summed E-state index contributed by atoms with van der Waals surface area (Å²) in [5.41, 5.74) is 0. The standard InChI is InChI=1S/C18H29N5O2/c24-15-7-4-12-23(13-15)16-8-10-19-18(22-16)20-11-9-17(25)21-14-5-2-1-3-6-14/h8,10,14-15,24H,1-7,9,11-13H2,(H,21,25)(H,19,20,22)/t15-/m0/s1. The molecule has 7 heteroatoms. The summed E-state index contributed by atoms with van der Waals surface area (Å²) in [4.78, 5) is 22.8. The van der Waals surface area contributed by atoms with Crippen molar-refractivity contribution < 1.29 is 9.90 Å². The number of carbonyl (C=O) groups excluding carboxylic acids is 1. The number of piperidine rings is 1. The first-order valence-corrected chi connectivity index (χ1v) is 9.50. The lowest BCUT2D eigenvalue weighted by atomic mass is 9.95. The van der Waals surface area contributed by atoms with Crippen molar-refractivity contribution in [1.82, 2.24) is 15.3 Å². The number of rotatable bonds is 6. The van der Waals surface area contributed by atoms with Crippen LogP contribution < -0.4 is 15.5 Å². The van der Waals surface area contributed by atoms with Crippen LogP contribution in [0.5, 0.6) is 0 Å². The van der Waals surface area contributed by atoms with E-state index in [4.69, 9.17) is 0 Å². The summed E-state index contributed by atoms with van der Waals surface area (Å²) in [7, 11) is 0. The second kappa shape index (κ2) is 8.99. The van der Waals surface area contributed by atoms with Gasteiger partial charge in [0.05, 0.1) is 6.10 Å². The van der Waals surface area contributed by atoms with Crippen LogP contribution >= 0.6 is 0 Å². The minimum Gasteiger partial charge on any atom is -0.391 e. The third-order valence-corrected chi connectivity index (χ3v) is 4.97. The number of aromatic nitrogens is 2. The molecule has 2 aliphatic rings. The van der Waals surface area contributed by atoms with E-state index in [-0.39, 0.29) is 12.0 Å². The SMILES string of the molecule is O=C(CCNc1nccc(N2CCC[C@H](O)C2)n1)NC1CCCCC1. The molecule has 2 heterocycles.